The summed E-state index contributed by atoms with van der Waals surface area (Å²) in [4.78, 5) is 41.8. The van der Waals surface area contributed by atoms with E-state index in [4.69, 9.17) is 15.2 Å². The second-order valence-electron chi connectivity index (χ2n) is 7.38. The monoisotopic (exact) mass is 402 g/mol. The zero-order chi connectivity index (χ0) is 21.1. The molecule has 29 heavy (non-hydrogen) atoms. The Morgan fingerprint density at radius 2 is 2.00 bits per heavy atom. The van der Waals surface area contributed by atoms with Crippen molar-refractivity contribution in [3.8, 4) is 11.5 Å². The number of ether oxygens (including phenoxy) is 2. The fourth-order valence-electron chi connectivity index (χ4n) is 3.20. The number of nitrogen functional groups attached to an aromatic ring is 1. The highest BCUT2D eigenvalue weighted by molar-refractivity contribution is 6.07. The highest BCUT2D eigenvalue weighted by Crippen LogP contribution is 2.33. The maximum atomic E-state index is 13.3. The van der Waals surface area contributed by atoms with Crippen molar-refractivity contribution >= 4 is 17.4 Å². The topological polar surface area (TPSA) is 120 Å². The van der Waals surface area contributed by atoms with Crippen molar-refractivity contribution in [3.63, 3.8) is 0 Å². The first-order valence-electron chi connectivity index (χ1n) is 9.67. The molecule has 0 unspecified atom stereocenters. The van der Waals surface area contributed by atoms with Gasteiger partial charge in [0.25, 0.3) is 11.5 Å². The van der Waals surface area contributed by atoms with Crippen LogP contribution in [0.25, 0.3) is 0 Å². The number of H-pyrrole nitrogens is 1. The van der Waals surface area contributed by atoms with E-state index >= 15 is 0 Å². The number of carbonyl (C=O) groups excluding carboxylic acids is 1. The van der Waals surface area contributed by atoms with Gasteiger partial charge < -0.3 is 20.1 Å². The van der Waals surface area contributed by atoms with Gasteiger partial charge in [0, 0.05) is 18.7 Å². The Hall–Kier alpha value is -3.23. The fraction of sp³-hybridized carbons (Fsp3) is 0.450. The molecule has 0 fully saturated rings. The van der Waals surface area contributed by atoms with Crippen LogP contribution in [0.4, 0.5) is 11.5 Å². The Bertz CT molecular complexity index is 1020. The molecule has 1 amide bonds. The van der Waals surface area contributed by atoms with Gasteiger partial charge in [-0.25, -0.2) is 4.79 Å². The zero-order valence-electron chi connectivity index (χ0n) is 16.9. The molecule has 9 nitrogen and oxygen atoms in total. The van der Waals surface area contributed by atoms with Crippen molar-refractivity contribution in [1.29, 1.82) is 0 Å². The predicted octanol–water partition coefficient (Wildman–Crippen LogP) is 1.95. The van der Waals surface area contributed by atoms with Crippen LogP contribution in [0.3, 0.4) is 0 Å². The number of carbonyl (C=O) groups is 1. The summed E-state index contributed by atoms with van der Waals surface area (Å²) < 4.78 is 11.9. The number of anilines is 2. The molecule has 9 heteroatoms. The maximum Gasteiger partial charge on any atom is 0.330 e. The molecule has 2 heterocycles. The van der Waals surface area contributed by atoms with Crippen molar-refractivity contribution in [2.24, 2.45) is 5.92 Å². The van der Waals surface area contributed by atoms with Crippen molar-refractivity contribution in [2.75, 3.05) is 24.0 Å². The summed E-state index contributed by atoms with van der Waals surface area (Å²) in [6.45, 7) is 6.56. The molecule has 0 saturated heterocycles. The summed E-state index contributed by atoms with van der Waals surface area (Å²) in [5.74, 6) is 0.664. The van der Waals surface area contributed by atoms with Crippen LogP contribution in [-0.2, 0) is 6.54 Å². The van der Waals surface area contributed by atoms with Crippen LogP contribution in [0.2, 0.25) is 0 Å². The summed E-state index contributed by atoms with van der Waals surface area (Å²) in [5, 5.41) is 0. The lowest BCUT2D eigenvalue weighted by Crippen LogP contribution is -2.42. The number of fused-ring (bicyclic) bond motifs is 1. The number of nitrogens with two attached hydrogens (primary N) is 1. The van der Waals surface area contributed by atoms with Gasteiger partial charge in [0.2, 0.25) is 6.79 Å². The number of benzene rings is 1. The van der Waals surface area contributed by atoms with Crippen LogP contribution >= 0.6 is 0 Å². The van der Waals surface area contributed by atoms with Gasteiger partial charge in [-0.05, 0) is 30.5 Å². The Balaban J connectivity index is 2.08. The van der Waals surface area contributed by atoms with Crippen LogP contribution in [0.15, 0.2) is 27.8 Å². The molecule has 0 saturated carbocycles. The van der Waals surface area contributed by atoms with Gasteiger partial charge in [0.15, 0.2) is 17.2 Å². The molecule has 1 aromatic heterocycles. The summed E-state index contributed by atoms with van der Waals surface area (Å²) in [5.41, 5.74) is 5.27. The molecular formula is C20H26N4O5. The zero-order valence-corrected chi connectivity index (χ0v) is 16.9. The highest BCUT2D eigenvalue weighted by atomic mass is 16.7. The first-order chi connectivity index (χ1) is 13.8. The van der Waals surface area contributed by atoms with Crippen molar-refractivity contribution < 1.29 is 14.3 Å². The largest absolute Gasteiger partial charge is 0.454 e. The molecule has 156 valence electrons. The Morgan fingerprint density at radius 3 is 2.69 bits per heavy atom. The third kappa shape index (κ3) is 4.13. The Morgan fingerprint density at radius 1 is 1.28 bits per heavy atom. The summed E-state index contributed by atoms with van der Waals surface area (Å²) in [6, 6.07) is 4.84. The highest BCUT2D eigenvalue weighted by Gasteiger charge is 2.27. The van der Waals surface area contributed by atoms with E-state index in [1.165, 1.54) is 9.47 Å². The van der Waals surface area contributed by atoms with Gasteiger partial charge in [0.05, 0.1) is 0 Å². The van der Waals surface area contributed by atoms with E-state index < -0.39 is 17.2 Å². The lowest BCUT2D eigenvalue weighted by molar-refractivity contribution is 0.0983. The van der Waals surface area contributed by atoms with Gasteiger partial charge in [-0.1, -0.05) is 27.2 Å². The van der Waals surface area contributed by atoms with E-state index in [1.54, 1.807) is 18.2 Å². The van der Waals surface area contributed by atoms with Crippen LogP contribution in [-0.4, -0.2) is 28.8 Å². The van der Waals surface area contributed by atoms with Gasteiger partial charge >= 0.3 is 5.69 Å². The predicted molar refractivity (Wildman–Crippen MR) is 110 cm³/mol. The SMILES string of the molecule is CCCCn1c(N)c(N(CC(C)C)C(=O)c2ccc3c(c2)OCO3)c(=O)[nH]c1=O. The van der Waals surface area contributed by atoms with Crippen molar-refractivity contribution in [3.05, 3.63) is 44.6 Å². The average Bonchev–Trinajstić information content (AvgIpc) is 3.13. The number of nitrogens with one attached hydrogen (secondary N) is 1. The molecule has 0 atom stereocenters. The molecule has 0 aliphatic carbocycles. The average molecular weight is 402 g/mol. The normalized spacial score (nSPS) is 12.4. The molecule has 3 rings (SSSR count). The van der Waals surface area contributed by atoms with E-state index in [9.17, 15) is 14.4 Å². The van der Waals surface area contributed by atoms with Crippen molar-refractivity contribution in [1.82, 2.24) is 9.55 Å². The number of hydrogen-bond donors (Lipinski definition) is 2. The summed E-state index contributed by atoms with van der Waals surface area (Å²) in [6.07, 6.45) is 1.57. The van der Waals surface area contributed by atoms with E-state index in [2.05, 4.69) is 4.98 Å². The van der Waals surface area contributed by atoms with E-state index in [0.717, 1.165) is 12.8 Å². The lowest BCUT2D eigenvalue weighted by Gasteiger charge is -2.26. The van der Waals surface area contributed by atoms with Gasteiger partial charge in [-0.15, -0.1) is 0 Å². The molecule has 3 N–H and O–H groups in total. The van der Waals surface area contributed by atoms with E-state index in [1.807, 2.05) is 20.8 Å². The number of hydrogen-bond acceptors (Lipinski definition) is 6. The number of rotatable bonds is 7. The molecule has 0 radical (unpaired) electrons. The number of unbranched alkanes of at least 4 members (excludes halogenated alkanes) is 1. The fourth-order valence-corrected chi connectivity index (χ4v) is 3.20. The number of amides is 1. The summed E-state index contributed by atoms with van der Waals surface area (Å²) >= 11 is 0. The molecule has 1 aromatic carbocycles. The Labute approximate surface area is 168 Å². The van der Waals surface area contributed by atoms with Crippen LogP contribution in [0, 0.1) is 5.92 Å². The minimum atomic E-state index is -0.685. The second-order valence-corrected chi connectivity index (χ2v) is 7.38. The molecule has 1 aliphatic heterocycles. The van der Waals surface area contributed by atoms with E-state index in [-0.39, 0.29) is 30.8 Å². The van der Waals surface area contributed by atoms with Gasteiger partial charge in [-0.3, -0.25) is 19.1 Å². The quantitative estimate of drug-likeness (QED) is 0.730. The number of aromatic amines is 1. The standard InChI is InChI=1S/C20H26N4O5/c1-4-5-8-23-17(21)16(18(25)22-20(23)27)24(10-12(2)3)19(26)13-6-7-14-15(9-13)29-11-28-14/h6-7,9,12H,4-5,8,10-11,21H2,1-3H3,(H,22,25,27). The van der Waals surface area contributed by atoms with Gasteiger partial charge in [0.1, 0.15) is 5.82 Å². The Kier molecular flexibility index (Phi) is 5.95. The number of aromatic nitrogens is 2. The molecule has 0 spiro atoms. The van der Waals surface area contributed by atoms with Crippen LogP contribution in [0.5, 0.6) is 11.5 Å². The van der Waals surface area contributed by atoms with Crippen molar-refractivity contribution in [2.45, 2.75) is 40.2 Å². The minimum absolute atomic E-state index is 0.0121. The first-order valence-corrected chi connectivity index (χ1v) is 9.67. The number of nitrogens with zero attached hydrogens (tertiary/aromatic N) is 2. The van der Waals surface area contributed by atoms with Crippen LogP contribution in [0.1, 0.15) is 44.0 Å². The van der Waals surface area contributed by atoms with Gasteiger partial charge in [-0.2, -0.15) is 0 Å². The minimum Gasteiger partial charge on any atom is -0.454 e. The first kappa shape index (κ1) is 20.5. The lowest BCUT2D eigenvalue weighted by atomic mass is 10.1. The second kappa shape index (κ2) is 8.42. The van der Waals surface area contributed by atoms with Crippen LogP contribution < -0.4 is 31.4 Å². The molecular weight excluding hydrogens is 376 g/mol. The third-order valence-electron chi connectivity index (χ3n) is 4.63. The van der Waals surface area contributed by atoms with E-state index in [0.29, 0.717) is 23.6 Å². The summed E-state index contributed by atoms with van der Waals surface area (Å²) in [7, 11) is 0. The molecule has 0 bridgehead atoms. The maximum absolute atomic E-state index is 13.3. The molecule has 1 aliphatic rings. The smallest absolute Gasteiger partial charge is 0.330 e. The third-order valence-corrected chi connectivity index (χ3v) is 4.63. The molecule has 2 aromatic rings.